The first-order valence-electron chi connectivity index (χ1n) is 6.98. The molecule has 0 aliphatic heterocycles. The molecule has 3 heteroatoms. The Balaban J connectivity index is 1.67. The highest BCUT2D eigenvalue weighted by molar-refractivity contribution is 5.73. The third kappa shape index (κ3) is 3.23. The number of pyridine rings is 1. The average molecular weight is 267 g/mol. The van der Waals surface area contributed by atoms with Gasteiger partial charge >= 0.3 is 5.97 Å². The fourth-order valence-electron chi connectivity index (χ4n) is 2.49. The van der Waals surface area contributed by atoms with Crippen molar-refractivity contribution in [2.24, 2.45) is 5.92 Å². The molecular formula is C17H17NO2. The Morgan fingerprint density at radius 1 is 1.20 bits per heavy atom. The van der Waals surface area contributed by atoms with Crippen molar-refractivity contribution in [3.05, 3.63) is 60.4 Å². The summed E-state index contributed by atoms with van der Waals surface area (Å²) in [6.07, 6.45) is 6.43. The quantitative estimate of drug-likeness (QED) is 0.614. The minimum Gasteiger partial charge on any atom is -0.427 e. The van der Waals surface area contributed by atoms with E-state index in [2.05, 4.69) is 4.98 Å². The summed E-state index contributed by atoms with van der Waals surface area (Å²) in [6, 6.07) is 13.2. The molecule has 3 rings (SSSR count). The molecule has 1 aliphatic rings. The SMILES string of the molecule is O=C(C[C@@H](c1cccnc1)C1CC1)Oc1ccccc1. The first kappa shape index (κ1) is 12.9. The van der Waals surface area contributed by atoms with Gasteiger partial charge in [0.2, 0.25) is 0 Å². The predicted octanol–water partition coefficient (Wildman–Crippen LogP) is 3.57. The zero-order chi connectivity index (χ0) is 13.8. The van der Waals surface area contributed by atoms with Crippen molar-refractivity contribution in [1.82, 2.24) is 4.98 Å². The van der Waals surface area contributed by atoms with E-state index in [-0.39, 0.29) is 11.9 Å². The summed E-state index contributed by atoms with van der Waals surface area (Å²) < 4.78 is 5.38. The van der Waals surface area contributed by atoms with Gasteiger partial charge in [0.15, 0.2) is 0 Å². The molecular weight excluding hydrogens is 250 g/mol. The van der Waals surface area contributed by atoms with E-state index in [1.54, 1.807) is 18.3 Å². The van der Waals surface area contributed by atoms with Gasteiger partial charge in [0, 0.05) is 12.4 Å². The lowest BCUT2D eigenvalue weighted by Gasteiger charge is -2.15. The summed E-state index contributed by atoms with van der Waals surface area (Å²) in [5, 5.41) is 0. The summed E-state index contributed by atoms with van der Waals surface area (Å²) in [6.45, 7) is 0. The van der Waals surface area contributed by atoms with Crippen LogP contribution in [0.2, 0.25) is 0 Å². The summed E-state index contributed by atoms with van der Waals surface area (Å²) >= 11 is 0. The molecule has 0 amide bonds. The molecule has 1 aromatic heterocycles. The van der Waals surface area contributed by atoms with Crippen LogP contribution in [0.4, 0.5) is 0 Å². The van der Waals surface area contributed by atoms with Crippen LogP contribution in [0.15, 0.2) is 54.9 Å². The Bertz CT molecular complexity index is 564. The van der Waals surface area contributed by atoms with E-state index in [4.69, 9.17) is 4.74 Å². The first-order valence-corrected chi connectivity index (χ1v) is 6.98. The molecule has 0 bridgehead atoms. The van der Waals surface area contributed by atoms with Crippen LogP contribution in [-0.2, 0) is 4.79 Å². The van der Waals surface area contributed by atoms with Gasteiger partial charge in [-0.15, -0.1) is 0 Å². The van der Waals surface area contributed by atoms with Crippen LogP contribution in [0.25, 0.3) is 0 Å². The van der Waals surface area contributed by atoms with Gasteiger partial charge < -0.3 is 4.74 Å². The molecule has 1 fully saturated rings. The number of benzene rings is 1. The summed E-state index contributed by atoms with van der Waals surface area (Å²) in [5.41, 5.74) is 1.14. The second-order valence-corrected chi connectivity index (χ2v) is 5.22. The Labute approximate surface area is 118 Å². The van der Waals surface area contributed by atoms with Crippen molar-refractivity contribution < 1.29 is 9.53 Å². The molecule has 0 N–H and O–H groups in total. The van der Waals surface area contributed by atoms with Gasteiger partial charge in [-0.3, -0.25) is 9.78 Å². The van der Waals surface area contributed by atoms with E-state index in [1.807, 2.05) is 36.5 Å². The Hall–Kier alpha value is -2.16. The van der Waals surface area contributed by atoms with Gasteiger partial charge in [-0.2, -0.15) is 0 Å². The van der Waals surface area contributed by atoms with E-state index in [0.717, 1.165) is 5.56 Å². The number of nitrogens with zero attached hydrogens (tertiary/aromatic N) is 1. The van der Waals surface area contributed by atoms with Gasteiger partial charge in [-0.05, 0) is 48.4 Å². The topological polar surface area (TPSA) is 39.2 Å². The maximum absolute atomic E-state index is 12.1. The summed E-state index contributed by atoms with van der Waals surface area (Å²) in [4.78, 5) is 16.2. The smallest absolute Gasteiger partial charge is 0.311 e. The van der Waals surface area contributed by atoms with Gasteiger partial charge in [-0.25, -0.2) is 0 Å². The fourth-order valence-corrected chi connectivity index (χ4v) is 2.49. The summed E-state index contributed by atoms with van der Waals surface area (Å²) in [7, 11) is 0. The molecule has 0 saturated heterocycles. The number of ether oxygens (including phenoxy) is 1. The van der Waals surface area contributed by atoms with E-state index < -0.39 is 0 Å². The molecule has 1 atom stereocenters. The van der Waals surface area contributed by atoms with Crippen LogP contribution in [0.3, 0.4) is 0 Å². The molecule has 1 saturated carbocycles. The van der Waals surface area contributed by atoms with Gasteiger partial charge in [0.1, 0.15) is 5.75 Å². The van der Waals surface area contributed by atoms with Crippen molar-refractivity contribution in [2.75, 3.05) is 0 Å². The number of rotatable bonds is 5. The van der Waals surface area contributed by atoms with Crippen LogP contribution in [0.1, 0.15) is 30.7 Å². The molecule has 102 valence electrons. The molecule has 1 heterocycles. The third-order valence-corrected chi connectivity index (χ3v) is 3.67. The lowest BCUT2D eigenvalue weighted by Crippen LogP contribution is -2.14. The maximum Gasteiger partial charge on any atom is 0.311 e. The van der Waals surface area contributed by atoms with E-state index >= 15 is 0 Å². The Morgan fingerprint density at radius 3 is 2.65 bits per heavy atom. The second kappa shape index (κ2) is 5.87. The van der Waals surface area contributed by atoms with Crippen LogP contribution in [-0.4, -0.2) is 11.0 Å². The van der Waals surface area contributed by atoms with Gasteiger partial charge in [0.05, 0.1) is 6.42 Å². The highest BCUT2D eigenvalue weighted by atomic mass is 16.5. The standard InChI is InChI=1S/C17H17NO2/c19-17(20-15-6-2-1-3-7-15)11-16(13-8-9-13)14-5-4-10-18-12-14/h1-7,10,12-13,16H,8-9,11H2/t16-/m1/s1. The molecule has 3 nitrogen and oxygen atoms in total. The van der Waals surface area contributed by atoms with Crippen LogP contribution in [0, 0.1) is 5.92 Å². The molecule has 1 aromatic carbocycles. The van der Waals surface area contributed by atoms with Crippen LogP contribution < -0.4 is 4.74 Å². The summed E-state index contributed by atoms with van der Waals surface area (Å²) in [5.74, 6) is 1.28. The molecule has 2 aromatic rings. The number of para-hydroxylation sites is 1. The number of esters is 1. The first-order chi connectivity index (χ1) is 9.83. The number of hydrogen-bond acceptors (Lipinski definition) is 3. The van der Waals surface area contributed by atoms with Crippen molar-refractivity contribution >= 4 is 5.97 Å². The zero-order valence-electron chi connectivity index (χ0n) is 11.2. The zero-order valence-corrected chi connectivity index (χ0v) is 11.2. The molecule has 0 radical (unpaired) electrons. The lowest BCUT2D eigenvalue weighted by atomic mass is 9.92. The number of carbonyl (C=O) groups is 1. The maximum atomic E-state index is 12.1. The Morgan fingerprint density at radius 2 is 2.00 bits per heavy atom. The molecule has 1 aliphatic carbocycles. The highest BCUT2D eigenvalue weighted by Crippen LogP contribution is 2.44. The van der Waals surface area contributed by atoms with Crippen molar-refractivity contribution in [1.29, 1.82) is 0 Å². The van der Waals surface area contributed by atoms with Crippen LogP contribution >= 0.6 is 0 Å². The Kier molecular flexibility index (Phi) is 3.77. The molecule has 20 heavy (non-hydrogen) atoms. The second-order valence-electron chi connectivity index (χ2n) is 5.22. The van der Waals surface area contributed by atoms with E-state index in [0.29, 0.717) is 18.1 Å². The highest BCUT2D eigenvalue weighted by Gasteiger charge is 2.34. The van der Waals surface area contributed by atoms with E-state index in [9.17, 15) is 4.79 Å². The van der Waals surface area contributed by atoms with Gasteiger partial charge in [-0.1, -0.05) is 24.3 Å². The minimum absolute atomic E-state index is 0.169. The van der Waals surface area contributed by atoms with Gasteiger partial charge in [0.25, 0.3) is 0 Å². The van der Waals surface area contributed by atoms with Crippen LogP contribution in [0.5, 0.6) is 5.75 Å². The number of aromatic nitrogens is 1. The molecule has 0 unspecified atom stereocenters. The number of hydrogen-bond donors (Lipinski definition) is 0. The minimum atomic E-state index is -0.169. The van der Waals surface area contributed by atoms with Crippen molar-refractivity contribution in [2.45, 2.75) is 25.2 Å². The van der Waals surface area contributed by atoms with Crippen molar-refractivity contribution in [3.63, 3.8) is 0 Å². The number of carbonyl (C=O) groups excluding carboxylic acids is 1. The van der Waals surface area contributed by atoms with E-state index in [1.165, 1.54) is 12.8 Å². The lowest BCUT2D eigenvalue weighted by molar-refractivity contribution is -0.134. The third-order valence-electron chi connectivity index (χ3n) is 3.67. The molecule has 0 spiro atoms. The monoisotopic (exact) mass is 267 g/mol. The normalized spacial score (nSPS) is 15.6. The fraction of sp³-hybridized carbons (Fsp3) is 0.294. The predicted molar refractivity (Wildman–Crippen MR) is 76.4 cm³/mol. The largest absolute Gasteiger partial charge is 0.427 e. The average Bonchev–Trinajstić information content (AvgIpc) is 3.31. The van der Waals surface area contributed by atoms with Crippen molar-refractivity contribution in [3.8, 4) is 5.75 Å².